The molecule has 1 fully saturated rings. The van der Waals surface area contributed by atoms with Crippen LogP contribution in [0.5, 0.6) is 5.75 Å². The summed E-state index contributed by atoms with van der Waals surface area (Å²) in [7, 11) is 0. The number of carbonyl (C=O) groups is 1. The number of benzene rings is 2. The van der Waals surface area contributed by atoms with Gasteiger partial charge in [-0.2, -0.15) is 0 Å². The molecule has 1 N–H and O–H groups in total. The van der Waals surface area contributed by atoms with Gasteiger partial charge in [0, 0.05) is 17.6 Å². The molecule has 0 aliphatic carbocycles. The summed E-state index contributed by atoms with van der Waals surface area (Å²) in [5.74, 6) is 0.687. The number of hydrogen-bond acceptors (Lipinski definition) is 4. The molecule has 0 unspecified atom stereocenters. The highest BCUT2D eigenvalue weighted by Gasteiger charge is 2.15. The Morgan fingerprint density at radius 3 is 2.76 bits per heavy atom. The highest BCUT2D eigenvalue weighted by Crippen LogP contribution is 2.26. The Morgan fingerprint density at radius 1 is 1.16 bits per heavy atom. The van der Waals surface area contributed by atoms with E-state index < -0.39 is 0 Å². The fourth-order valence-electron chi connectivity index (χ4n) is 2.69. The molecule has 2 aromatic carbocycles. The van der Waals surface area contributed by atoms with E-state index in [0.717, 1.165) is 34.7 Å². The lowest BCUT2D eigenvalue weighted by molar-refractivity contribution is -0.116. The van der Waals surface area contributed by atoms with E-state index in [2.05, 4.69) is 26.1 Å². The van der Waals surface area contributed by atoms with E-state index in [1.807, 2.05) is 48.5 Å². The molecule has 0 radical (unpaired) electrons. The Labute approximate surface area is 156 Å². The number of amides is 1. The number of nitrogens with zero attached hydrogens (tertiary/aromatic N) is 1. The molecule has 0 aromatic heterocycles. The molecule has 1 aliphatic rings. The summed E-state index contributed by atoms with van der Waals surface area (Å²) in [6.45, 7) is 3.42. The molecule has 0 spiro atoms. The second-order valence-corrected chi connectivity index (χ2v) is 6.64. The molecular weight excluding hydrogens is 384 g/mol. The molecule has 0 atom stereocenters. The monoisotopic (exact) mass is 404 g/mol. The van der Waals surface area contributed by atoms with Crippen molar-refractivity contribution in [1.29, 1.82) is 0 Å². The first kappa shape index (κ1) is 17.8. The zero-order valence-electron chi connectivity index (χ0n) is 13.9. The molecular formula is C19H21BrN2O3. The Kier molecular flexibility index (Phi) is 6.30. The first-order valence-electron chi connectivity index (χ1n) is 8.32. The predicted octanol–water partition coefficient (Wildman–Crippen LogP) is 3.69. The zero-order chi connectivity index (χ0) is 17.5. The number of hydrogen-bond donors (Lipinski definition) is 1. The number of ether oxygens (including phenoxy) is 2. The standard InChI is InChI=1S/C19H21BrN2O3/c20-15-4-3-5-16(14-15)25-11-8-19(23)21-17-6-1-2-7-18(17)22-9-12-24-13-10-22/h1-7,14H,8-13H2,(H,21,23). The van der Waals surface area contributed by atoms with Crippen LogP contribution >= 0.6 is 15.9 Å². The highest BCUT2D eigenvalue weighted by atomic mass is 79.9. The molecule has 1 amide bonds. The molecule has 1 saturated heterocycles. The van der Waals surface area contributed by atoms with Gasteiger partial charge in [0.25, 0.3) is 0 Å². The van der Waals surface area contributed by atoms with Crippen LogP contribution in [0, 0.1) is 0 Å². The summed E-state index contributed by atoms with van der Waals surface area (Å²) < 4.78 is 12.0. The lowest BCUT2D eigenvalue weighted by Crippen LogP contribution is -2.36. The Bertz CT molecular complexity index is 717. The van der Waals surface area contributed by atoms with Crippen LogP contribution in [0.1, 0.15) is 6.42 Å². The van der Waals surface area contributed by atoms with Crippen molar-refractivity contribution in [1.82, 2.24) is 0 Å². The molecule has 0 bridgehead atoms. The average Bonchev–Trinajstić information content (AvgIpc) is 2.63. The van der Waals surface area contributed by atoms with Crippen LogP contribution in [0.4, 0.5) is 11.4 Å². The summed E-state index contributed by atoms with van der Waals surface area (Å²) in [5, 5.41) is 2.99. The second kappa shape index (κ2) is 8.87. The van der Waals surface area contributed by atoms with Gasteiger partial charge in [-0.05, 0) is 30.3 Å². The summed E-state index contributed by atoms with van der Waals surface area (Å²) in [5.41, 5.74) is 1.86. The van der Waals surface area contributed by atoms with Crippen LogP contribution in [-0.2, 0) is 9.53 Å². The van der Waals surface area contributed by atoms with E-state index >= 15 is 0 Å². The number of anilines is 2. The summed E-state index contributed by atoms with van der Waals surface area (Å²) >= 11 is 3.40. The largest absolute Gasteiger partial charge is 0.493 e. The normalized spacial score (nSPS) is 14.2. The fraction of sp³-hybridized carbons (Fsp3) is 0.316. The third-order valence-corrected chi connectivity index (χ3v) is 4.42. The first-order valence-corrected chi connectivity index (χ1v) is 9.11. The molecule has 0 saturated carbocycles. The zero-order valence-corrected chi connectivity index (χ0v) is 15.5. The number of halogens is 1. The minimum Gasteiger partial charge on any atom is -0.493 e. The number of morpholine rings is 1. The third kappa shape index (κ3) is 5.21. The van der Waals surface area contributed by atoms with Gasteiger partial charge in [-0.1, -0.05) is 34.1 Å². The van der Waals surface area contributed by atoms with Crippen molar-refractivity contribution in [2.45, 2.75) is 6.42 Å². The van der Waals surface area contributed by atoms with Crippen molar-refractivity contribution in [2.24, 2.45) is 0 Å². The SMILES string of the molecule is O=C(CCOc1cccc(Br)c1)Nc1ccccc1N1CCOCC1. The molecule has 3 rings (SSSR count). The number of rotatable bonds is 6. The van der Waals surface area contributed by atoms with Crippen molar-refractivity contribution >= 4 is 33.2 Å². The van der Waals surface area contributed by atoms with E-state index in [1.165, 1.54) is 0 Å². The van der Waals surface area contributed by atoms with E-state index in [0.29, 0.717) is 26.2 Å². The molecule has 2 aromatic rings. The van der Waals surface area contributed by atoms with Crippen LogP contribution in [0.3, 0.4) is 0 Å². The van der Waals surface area contributed by atoms with Crippen molar-refractivity contribution in [2.75, 3.05) is 43.1 Å². The van der Waals surface area contributed by atoms with Crippen LogP contribution in [-0.4, -0.2) is 38.8 Å². The lowest BCUT2D eigenvalue weighted by atomic mass is 10.2. The maximum absolute atomic E-state index is 12.3. The van der Waals surface area contributed by atoms with Gasteiger partial charge in [-0.15, -0.1) is 0 Å². The molecule has 1 heterocycles. The van der Waals surface area contributed by atoms with Gasteiger partial charge in [0.1, 0.15) is 5.75 Å². The third-order valence-electron chi connectivity index (χ3n) is 3.92. The molecule has 132 valence electrons. The van der Waals surface area contributed by atoms with Crippen LogP contribution in [0.2, 0.25) is 0 Å². The van der Waals surface area contributed by atoms with Crippen molar-refractivity contribution < 1.29 is 14.3 Å². The van der Waals surface area contributed by atoms with Crippen LogP contribution < -0.4 is 15.0 Å². The highest BCUT2D eigenvalue weighted by molar-refractivity contribution is 9.10. The quantitative estimate of drug-likeness (QED) is 0.797. The van der Waals surface area contributed by atoms with Crippen molar-refractivity contribution in [3.05, 3.63) is 53.0 Å². The Morgan fingerprint density at radius 2 is 1.96 bits per heavy atom. The van der Waals surface area contributed by atoms with Gasteiger partial charge in [0.15, 0.2) is 0 Å². The maximum atomic E-state index is 12.3. The van der Waals surface area contributed by atoms with Gasteiger partial charge in [0.05, 0.1) is 37.6 Å². The van der Waals surface area contributed by atoms with E-state index in [4.69, 9.17) is 9.47 Å². The smallest absolute Gasteiger partial charge is 0.227 e. The summed E-state index contributed by atoms with van der Waals surface area (Å²) in [4.78, 5) is 14.5. The minimum absolute atomic E-state index is 0.0595. The van der Waals surface area contributed by atoms with Crippen LogP contribution in [0.25, 0.3) is 0 Å². The Hall–Kier alpha value is -2.05. The predicted molar refractivity (Wildman–Crippen MR) is 102 cm³/mol. The minimum atomic E-state index is -0.0595. The maximum Gasteiger partial charge on any atom is 0.227 e. The molecule has 25 heavy (non-hydrogen) atoms. The molecule has 6 heteroatoms. The summed E-state index contributed by atoms with van der Waals surface area (Å²) in [6, 6.07) is 15.5. The number of para-hydroxylation sites is 2. The van der Waals surface area contributed by atoms with E-state index in [-0.39, 0.29) is 5.91 Å². The number of carbonyl (C=O) groups excluding carboxylic acids is 1. The Balaban J connectivity index is 1.54. The van der Waals surface area contributed by atoms with E-state index in [1.54, 1.807) is 0 Å². The van der Waals surface area contributed by atoms with Gasteiger partial charge in [-0.3, -0.25) is 4.79 Å². The van der Waals surface area contributed by atoms with Gasteiger partial charge in [-0.25, -0.2) is 0 Å². The van der Waals surface area contributed by atoms with Gasteiger partial charge in [0.2, 0.25) is 5.91 Å². The second-order valence-electron chi connectivity index (χ2n) is 5.72. The van der Waals surface area contributed by atoms with E-state index in [9.17, 15) is 4.79 Å². The van der Waals surface area contributed by atoms with Gasteiger partial charge < -0.3 is 19.7 Å². The lowest BCUT2D eigenvalue weighted by Gasteiger charge is -2.30. The molecule has 1 aliphatic heterocycles. The average molecular weight is 405 g/mol. The first-order chi connectivity index (χ1) is 12.2. The topological polar surface area (TPSA) is 50.8 Å². The van der Waals surface area contributed by atoms with Crippen molar-refractivity contribution in [3.8, 4) is 5.75 Å². The fourth-order valence-corrected chi connectivity index (χ4v) is 3.07. The number of nitrogens with one attached hydrogen (secondary N) is 1. The molecule has 5 nitrogen and oxygen atoms in total. The summed E-state index contributed by atoms with van der Waals surface area (Å²) in [6.07, 6.45) is 0.296. The van der Waals surface area contributed by atoms with Crippen molar-refractivity contribution in [3.63, 3.8) is 0 Å². The van der Waals surface area contributed by atoms with Crippen LogP contribution in [0.15, 0.2) is 53.0 Å². The van der Waals surface area contributed by atoms with Gasteiger partial charge >= 0.3 is 0 Å².